The molecule has 8 heteroatoms. The smallest absolute Gasteiger partial charge is 0.274 e. The molecule has 1 spiro atoms. The molecule has 2 saturated carbocycles. The van der Waals surface area contributed by atoms with Crippen LogP contribution in [-0.2, 0) is 23.7 Å². The van der Waals surface area contributed by atoms with Crippen LogP contribution in [0.25, 0.3) is 22.0 Å². The van der Waals surface area contributed by atoms with Gasteiger partial charge in [-0.05, 0) is 61.3 Å². The van der Waals surface area contributed by atoms with Gasteiger partial charge in [0.15, 0.2) is 0 Å². The third-order valence-corrected chi connectivity index (χ3v) is 8.70. The SMILES string of the molecule is Cn1c(=O)c2cc(-c3ccc(C4=NC5(CC5)C(=O)N4C[C@@H]4CCN(C(=O)C5CC5)C4)cc3)ccc2n1C. The zero-order valence-electron chi connectivity index (χ0n) is 21.3. The quantitative estimate of drug-likeness (QED) is 0.544. The monoisotopic (exact) mass is 497 g/mol. The van der Waals surface area contributed by atoms with Crippen molar-refractivity contribution in [1.29, 1.82) is 0 Å². The second kappa shape index (κ2) is 7.91. The molecule has 2 aliphatic heterocycles. The first kappa shape index (κ1) is 22.5. The Bertz CT molecular complexity index is 1540. The molecule has 7 rings (SSSR count). The van der Waals surface area contributed by atoms with E-state index in [9.17, 15) is 14.4 Å². The highest BCUT2D eigenvalue weighted by atomic mass is 16.2. The van der Waals surface area contributed by atoms with Gasteiger partial charge in [0.05, 0.1) is 10.9 Å². The maximum Gasteiger partial charge on any atom is 0.274 e. The molecular weight excluding hydrogens is 466 g/mol. The minimum Gasteiger partial charge on any atom is -0.342 e. The molecule has 3 heterocycles. The van der Waals surface area contributed by atoms with Gasteiger partial charge in [0.25, 0.3) is 11.5 Å². The summed E-state index contributed by atoms with van der Waals surface area (Å²) in [6.07, 6.45) is 4.61. The topological polar surface area (TPSA) is 79.9 Å². The summed E-state index contributed by atoms with van der Waals surface area (Å²) in [5.74, 6) is 1.69. The van der Waals surface area contributed by atoms with Crippen LogP contribution in [0.3, 0.4) is 0 Å². The number of aromatic nitrogens is 2. The molecule has 2 aliphatic carbocycles. The molecule has 37 heavy (non-hydrogen) atoms. The molecule has 3 fully saturated rings. The van der Waals surface area contributed by atoms with E-state index < -0.39 is 5.54 Å². The Morgan fingerprint density at radius 3 is 2.35 bits per heavy atom. The molecule has 1 saturated heterocycles. The van der Waals surface area contributed by atoms with E-state index in [0.29, 0.717) is 17.8 Å². The second-order valence-electron chi connectivity index (χ2n) is 11.3. The van der Waals surface area contributed by atoms with Crippen LogP contribution in [0.2, 0.25) is 0 Å². The number of aliphatic imine (C=N–C) groups is 1. The number of rotatable bonds is 5. The first-order valence-electron chi connectivity index (χ1n) is 13.3. The van der Waals surface area contributed by atoms with Gasteiger partial charge in [-0.3, -0.25) is 33.6 Å². The molecule has 0 N–H and O–H groups in total. The lowest BCUT2D eigenvalue weighted by atomic mass is 10.0. The van der Waals surface area contributed by atoms with E-state index in [1.165, 1.54) is 0 Å². The number of fused-ring (bicyclic) bond motifs is 1. The predicted molar refractivity (Wildman–Crippen MR) is 141 cm³/mol. The molecule has 1 atom stereocenters. The molecule has 2 aromatic carbocycles. The molecule has 0 radical (unpaired) electrons. The maximum atomic E-state index is 13.4. The molecule has 2 amide bonds. The van der Waals surface area contributed by atoms with E-state index in [2.05, 4.69) is 0 Å². The number of amidine groups is 1. The van der Waals surface area contributed by atoms with Crippen LogP contribution >= 0.6 is 0 Å². The van der Waals surface area contributed by atoms with Crippen LogP contribution in [-0.4, -0.2) is 62.0 Å². The van der Waals surface area contributed by atoms with Crippen molar-refractivity contribution in [2.24, 2.45) is 30.9 Å². The fraction of sp³-hybridized carbons (Fsp3) is 0.448. The summed E-state index contributed by atoms with van der Waals surface area (Å²) in [6.45, 7) is 2.15. The third-order valence-electron chi connectivity index (χ3n) is 8.70. The van der Waals surface area contributed by atoms with Crippen molar-refractivity contribution < 1.29 is 9.59 Å². The van der Waals surface area contributed by atoms with Gasteiger partial charge >= 0.3 is 0 Å². The van der Waals surface area contributed by atoms with Gasteiger partial charge in [-0.1, -0.05) is 30.3 Å². The highest BCUT2D eigenvalue weighted by Gasteiger charge is 2.57. The molecular formula is C29H31N5O3. The molecule has 8 nitrogen and oxygen atoms in total. The molecule has 190 valence electrons. The van der Waals surface area contributed by atoms with E-state index in [4.69, 9.17) is 4.99 Å². The van der Waals surface area contributed by atoms with Crippen molar-refractivity contribution in [2.75, 3.05) is 19.6 Å². The zero-order valence-corrected chi connectivity index (χ0v) is 21.3. The number of carbonyl (C=O) groups is 2. The molecule has 3 aromatic rings. The number of hydrogen-bond donors (Lipinski definition) is 0. The summed E-state index contributed by atoms with van der Waals surface area (Å²) in [5.41, 5.74) is 3.26. The number of benzene rings is 2. The van der Waals surface area contributed by atoms with E-state index in [0.717, 1.165) is 73.2 Å². The van der Waals surface area contributed by atoms with E-state index in [1.54, 1.807) is 11.7 Å². The van der Waals surface area contributed by atoms with E-state index in [-0.39, 0.29) is 23.3 Å². The number of likely N-dealkylation sites (tertiary alicyclic amines) is 1. The summed E-state index contributed by atoms with van der Waals surface area (Å²) in [7, 11) is 3.65. The first-order chi connectivity index (χ1) is 17.8. The lowest BCUT2D eigenvalue weighted by Gasteiger charge is -2.23. The van der Waals surface area contributed by atoms with E-state index >= 15 is 0 Å². The second-order valence-corrected chi connectivity index (χ2v) is 11.3. The average molecular weight is 498 g/mol. The van der Waals surface area contributed by atoms with Gasteiger partial charge in [0.2, 0.25) is 5.91 Å². The van der Waals surface area contributed by atoms with E-state index in [1.807, 2.05) is 64.0 Å². The van der Waals surface area contributed by atoms with Gasteiger partial charge in [0, 0.05) is 45.2 Å². The Hall–Kier alpha value is -3.68. The van der Waals surface area contributed by atoms with Crippen LogP contribution in [0.4, 0.5) is 0 Å². The zero-order chi connectivity index (χ0) is 25.5. The first-order valence-corrected chi connectivity index (χ1v) is 13.3. The van der Waals surface area contributed by atoms with Crippen molar-refractivity contribution in [3.8, 4) is 11.1 Å². The van der Waals surface area contributed by atoms with Crippen molar-refractivity contribution in [1.82, 2.24) is 19.2 Å². The third kappa shape index (κ3) is 3.56. The minimum atomic E-state index is -0.561. The van der Waals surface area contributed by atoms with Gasteiger partial charge in [0.1, 0.15) is 11.4 Å². The normalized spacial score (nSPS) is 22.4. The lowest BCUT2D eigenvalue weighted by Crippen LogP contribution is -2.40. The number of carbonyl (C=O) groups excluding carboxylic acids is 2. The fourth-order valence-corrected chi connectivity index (χ4v) is 5.97. The van der Waals surface area contributed by atoms with Crippen LogP contribution in [0.5, 0.6) is 0 Å². The van der Waals surface area contributed by atoms with Crippen LogP contribution < -0.4 is 5.56 Å². The number of aryl methyl sites for hydroxylation is 1. The standard InChI is InChI=1S/C29H31N5O3/c1-31-24-10-9-22(15-23(24)27(36)32(31)2)19-3-5-20(6-4-19)25-30-29(12-13-29)28(37)34(25)17-18-11-14-33(16-18)26(35)21-7-8-21/h3-6,9-10,15,18,21H,7-8,11-14,16-17H2,1-2H3/t18-/m1/s1. The fourth-order valence-electron chi connectivity index (χ4n) is 5.97. The summed E-state index contributed by atoms with van der Waals surface area (Å²) < 4.78 is 3.47. The number of nitrogens with zero attached hydrogens (tertiary/aromatic N) is 5. The van der Waals surface area contributed by atoms with Gasteiger partial charge < -0.3 is 4.90 Å². The Morgan fingerprint density at radius 1 is 0.946 bits per heavy atom. The van der Waals surface area contributed by atoms with Crippen LogP contribution in [0, 0.1) is 11.8 Å². The Morgan fingerprint density at radius 2 is 1.65 bits per heavy atom. The van der Waals surface area contributed by atoms with Crippen LogP contribution in [0.1, 0.15) is 37.7 Å². The summed E-state index contributed by atoms with van der Waals surface area (Å²) in [6, 6.07) is 14.1. The van der Waals surface area contributed by atoms with Gasteiger partial charge in [-0.15, -0.1) is 0 Å². The highest BCUT2D eigenvalue weighted by molar-refractivity contribution is 6.16. The number of amides is 2. The largest absolute Gasteiger partial charge is 0.342 e. The molecule has 1 aromatic heterocycles. The molecule has 4 aliphatic rings. The lowest BCUT2D eigenvalue weighted by molar-refractivity contribution is -0.131. The Kier molecular flexibility index (Phi) is 4.81. The summed E-state index contributed by atoms with van der Waals surface area (Å²) in [4.78, 5) is 47.3. The van der Waals surface area contributed by atoms with Crippen molar-refractivity contribution in [3.05, 3.63) is 58.4 Å². The predicted octanol–water partition coefficient (Wildman–Crippen LogP) is 2.92. The average Bonchev–Trinajstić information content (AvgIpc) is 3.83. The van der Waals surface area contributed by atoms with Crippen molar-refractivity contribution in [2.45, 2.75) is 37.6 Å². The summed E-state index contributed by atoms with van der Waals surface area (Å²) in [5, 5.41) is 0.699. The van der Waals surface area contributed by atoms with Crippen molar-refractivity contribution >= 4 is 28.6 Å². The molecule has 0 bridgehead atoms. The Balaban J connectivity index is 1.14. The summed E-state index contributed by atoms with van der Waals surface area (Å²) >= 11 is 0. The van der Waals surface area contributed by atoms with Gasteiger partial charge in [-0.25, -0.2) is 0 Å². The Labute approximate surface area is 215 Å². The minimum absolute atomic E-state index is 0.00974. The maximum absolute atomic E-state index is 13.4. The number of hydrogen-bond acceptors (Lipinski definition) is 4. The highest BCUT2D eigenvalue weighted by Crippen LogP contribution is 2.46. The van der Waals surface area contributed by atoms with Crippen LogP contribution in [0.15, 0.2) is 52.3 Å². The molecule has 0 unspecified atom stereocenters. The van der Waals surface area contributed by atoms with Crippen molar-refractivity contribution in [3.63, 3.8) is 0 Å². The van der Waals surface area contributed by atoms with Gasteiger partial charge in [-0.2, -0.15) is 0 Å².